The van der Waals surface area contributed by atoms with Crippen LogP contribution in [0.15, 0.2) is 36.4 Å². The fourth-order valence-electron chi connectivity index (χ4n) is 2.62. The number of carboxylic acid groups (broad SMARTS) is 1. The first-order chi connectivity index (χ1) is 10.0. The Bertz CT molecular complexity index is 567. The van der Waals surface area contributed by atoms with Gasteiger partial charge in [0.1, 0.15) is 5.75 Å². The number of carbonyl (C=O) groups excluding carboxylic acids is 1. The molecule has 0 bridgehead atoms. The van der Waals surface area contributed by atoms with Gasteiger partial charge in [-0.1, -0.05) is 30.4 Å². The van der Waals surface area contributed by atoms with Gasteiger partial charge in [0.15, 0.2) is 0 Å². The lowest BCUT2D eigenvalue weighted by molar-refractivity contribution is -0.150. The predicted octanol–water partition coefficient (Wildman–Crippen LogP) is 2.02. The van der Waals surface area contributed by atoms with Crippen molar-refractivity contribution in [2.24, 2.45) is 11.8 Å². The molecule has 2 rings (SSSR count). The molecule has 1 aliphatic carbocycles. The summed E-state index contributed by atoms with van der Waals surface area (Å²) in [6.45, 7) is 0.262. The number of carboxylic acids is 1. The molecule has 0 heterocycles. The van der Waals surface area contributed by atoms with E-state index in [4.69, 9.17) is 0 Å². The quantitative estimate of drug-likeness (QED) is 0.831. The van der Waals surface area contributed by atoms with Crippen LogP contribution >= 0.6 is 0 Å². The van der Waals surface area contributed by atoms with Gasteiger partial charge in [-0.2, -0.15) is 0 Å². The number of rotatable bonds is 4. The third kappa shape index (κ3) is 3.42. The average Bonchev–Trinajstić information content (AvgIpc) is 2.48. The van der Waals surface area contributed by atoms with Crippen LogP contribution < -0.4 is 0 Å². The fourth-order valence-corrected chi connectivity index (χ4v) is 2.62. The number of amides is 1. The molecule has 1 aliphatic rings. The van der Waals surface area contributed by atoms with Crippen LogP contribution in [-0.4, -0.2) is 34.0 Å². The Hall–Kier alpha value is -2.30. The minimum absolute atomic E-state index is 0.135. The van der Waals surface area contributed by atoms with E-state index in [9.17, 15) is 19.8 Å². The van der Waals surface area contributed by atoms with Crippen molar-refractivity contribution in [1.82, 2.24) is 4.90 Å². The number of hydrogen-bond acceptors (Lipinski definition) is 3. The van der Waals surface area contributed by atoms with E-state index in [0.717, 1.165) is 0 Å². The normalized spacial score (nSPS) is 21.0. The van der Waals surface area contributed by atoms with Crippen LogP contribution in [0.5, 0.6) is 5.75 Å². The largest absolute Gasteiger partial charge is 0.508 e. The molecule has 0 aromatic heterocycles. The molecule has 5 heteroatoms. The van der Waals surface area contributed by atoms with Crippen molar-refractivity contribution >= 4 is 11.9 Å². The van der Waals surface area contributed by atoms with Crippen LogP contribution in [0.2, 0.25) is 0 Å². The summed E-state index contributed by atoms with van der Waals surface area (Å²) in [7, 11) is 1.63. The molecule has 0 saturated heterocycles. The number of aromatic hydroxyl groups is 1. The first kappa shape index (κ1) is 15.1. The number of carbonyl (C=O) groups is 2. The van der Waals surface area contributed by atoms with Crippen molar-refractivity contribution in [1.29, 1.82) is 0 Å². The molecule has 0 spiro atoms. The van der Waals surface area contributed by atoms with E-state index < -0.39 is 17.8 Å². The highest BCUT2D eigenvalue weighted by Crippen LogP contribution is 2.28. The van der Waals surface area contributed by atoms with Crippen LogP contribution in [-0.2, 0) is 16.1 Å². The molecule has 2 atom stereocenters. The van der Waals surface area contributed by atoms with Gasteiger partial charge < -0.3 is 15.1 Å². The maximum Gasteiger partial charge on any atom is 0.307 e. The number of para-hydroxylation sites is 1. The molecule has 0 saturated carbocycles. The van der Waals surface area contributed by atoms with Crippen molar-refractivity contribution in [2.75, 3.05) is 7.05 Å². The smallest absolute Gasteiger partial charge is 0.307 e. The van der Waals surface area contributed by atoms with Gasteiger partial charge in [-0.3, -0.25) is 9.59 Å². The Balaban J connectivity index is 2.10. The van der Waals surface area contributed by atoms with Crippen LogP contribution in [0.25, 0.3) is 0 Å². The summed E-state index contributed by atoms with van der Waals surface area (Å²) in [5.74, 6) is -2.21. The number of aliphatic carboxylic acids is 1. The van der Waals surface area contributed by atoms with Crippen molar-refractivity contribution in [2.45, 2.75) is 19.4 Å². The van der Waals surface area contributed by atoms with Gasteiger partial charge in [0.2, 0.25) is 5.91 Å². The third-order valence-electron chi connectivity index (χ3n) is 3.84. The second kappa shape index (κ2) is 6.43. The molecule has 5 nitrogen and oxygen atoms in total. The SMILES string of the molecule is CN(Cc1ccccc1O)C(=O)[C@@H]1CC=CC[C@@H]1C(=O)O. The van der Waals surface area contributed by atoms with Gasteiger partial charge in [0.25, 0.3) is 0 Å². The lowest BCUT2D eigenvalue weighted by atomic mass is 9.82. The van der Waals surface area contributed by atoms with Crippen molar-refractivity contribution in [3.63, 3.8) is 0 Å². The van der Waals surface area contributed by atoms with E-state index in [1.54, 1.807) is 31.3 Å². The summed E-state index contributed by atoms with van der Waals surface area (Å²) in [6.07, 6.45) is 4.50. The fraction of sp³-hybridized carbons (Fsp3) is 0.375. The topological polar surface area (TPSA) is 77.8 Å². The zero-order valence-electron chi connectivity index (χ0n) is 11.9. The van der Waals surface area contributed by atoms with Crippen molar-refractivity contribution in [3.05, 3.63) is 42.0 Å². The van der Waals surface area contributed by atoms with Crippen LogP contribution in [0.1, 0.15) is 18.4 Å². The molecule has 1 amide bonds. The summed E-state index contributed by atoms with van der Waals surface area (Å²) < 4.78 is 0. The molecule has 0 fully saturated rings. The predicted molar refractivity (Wildman–Crippen MR) is 77.6 cm³/mol. The summed E-state index contributed by atoms with van der Waals surface area (Å²) in [6, 6.07) is 6.81. The maximum atomic E-state index is 12.5. The molecule has 1 aromatic rings. The minimum Gasteiger partial charge on any atom is -0.508 e. The number of nitrogens with zero attached hydrogens (tertiary/aromatic N) is 1. The highest BCUT2D eigenvalue weighted by atomic mass is 16.4. The lowest BCUT2D eigenvalue weighted by Crippen LogP contribution is -2.39. The first-order valence-corrected chi connectivity index (χ1v) is 6.90. The van der Waals surface area contributed by atoms with E-state index in [-0.39, 0.29) is 18.2 Å². The summed E-state index contributed by atoms with van der Waals surface area (Å²) >= 11 is 0. The number of allylic oxidation sites excluding steroid dienone is 2. The Morgan fingerprint density at radius 3 is 2.43 bits per heavy atom. The van der Waals surface area contributed by atoms with Gasteiger partial charge in [-0.15, -0.1) is 0 Å². The van der Waals surface area contributed by atoms with Gasteiger partial charge >= 0.3 is 5.97 Å². The molecule has 0 radical (unpaired) electrons. The molecule has 0 aliphatic heterocycles. The first-order valence-electron chi connectivity index (χ1n) is 6.90. The zero-order chi connectivity index (χ0) is 15.4. The van der Waals surface area contributed by atoms with E-state index in [1.165, 1.54) is 4.90 Å². The second-order valence-electron chi connectivity index (χ2n) is 5.32. The van der Waals surface area contributed by atoms with Crippen molar-refractivity contribution in [3.8, 4) is 5.75 Å². The van der Waals surface area contributed by atoms with Crippen LogP contribution in [0.3, 0.4) is 0 Å². The van der Waals surface area contributed by atoms with E-state index >= 15 is 0 Å². The molecule has 21 heavy (non-hydrogen) atoms. The van der Waals surface area contributed by atoms with Gasteiger partial charge in [0, 0.05) is 19.2 Å². The number of benzene rings is 1. The highest BCUT2D eigenvalue weighted by molar-refractivity contribution is 5.85. The molecule has 112 valence electrons. The second-order valence-corrected chi connectivity index (χ2v) is 5.32. The average molecular weight is 289 g/mol. The maximum absolute atomic E-state index is 12.5. The van der Waals surface area contributed by atoms with Crippen LogP contribution in [0.4, 0.5) is 0 Å². The summed E-state index contributed by atoms with van der Waals surface area (Å²) in [4.78, 5) is 25.2. The Morgan fingerprint density at radius 1 is 1.19 bits per heavy atom. The standard InChI is InChI=1S/C16H19NO4/c1-17(10-11-6-2-5-9-14(11)18)15(19)12-7-3-4-8-13(12)16(20)21/h2-6,9,12-13,18H,7-8,10H2,1H3,(H,20,21)/t12-,13+/m1/s1. The van der Waals surface area contributed by atoms with E-state index in [2.05, 4.69) is 0 Å². The molecule has 1 aromatic carbocycles. The molecule has 0 unspecified atom stereocenters. The van der Waals surface area contributed by atoms with E-state index in [0.29, 0.717) is 18.4 Å². The third-order valence-corrected chi connectivity index (χ3v) is 3.84. The minimum atomic E-state index is -0.936. The molecule has 2 N–H and O–H groups in total. The van der Waals surface area contributed by atoms with Gasteiger partial charge in [-0.05, 0) is 18.9 Å². The molecular weight excluding hydrogens is 270 g/mol. The molecular formula is C16H19NO4. The number of hydrogen-bond donors (Lipinski definition) is 2. The van der Waals surface area contributed by atoms with Gasteiger partial charge in [0.05, 0.1) is 11.8 Å². The monoisotopic (exact) mass is 289 g/mol. The number of phenols is 1. The summed E-state index contributed by atoms with van der Waals surface area (Å²) in [5.41, 5.74) is 0.645. The van der Waals surface area contributed by atoms with Crippen molar-refractivity contribution < 1.29 is 19.8 Å². The van der Waals surface area contributed by atoms with Crippen LogP contribution in [0, 0.1) is 11.8 Å². The zero-order valence-corrected chi connectivity index (χ0v) is 11.9. The van der Waals surface area contributed by atoms with Gasteiger partial charge in [-0.25, -0.2) is 0 Å². The number of phenolic OH excluding ortho intramolecular Hbond substituents is 1. The Morgan fingerprint density at radius 2 is 1.81 bits per heavy atom. The Labute approximate surface area is 123 Å². The highest BCUT2D eigenvalue weighted by Gasteiger charge is 2.35. The van der Waals surface area contributed by atoms with E-state index in [1.807, 2.05) is 12.2 Å². The summed E-state index contributed by atoms with van der Waals surface area (Å²) in [5, 5.41) is 19.0. The Kier molecular flexibility index (Phi) is 4.62. The lowest BCUT2D eigenvalue weighted by Gasteiger charge is -2.28.